The summed E-state index contributed by atoms with van der Waals surface area (Å²) in [4.78, 5) is 60.4. The van der Waals surface area contributed by atoms with E-state index in [1.807, 2.05) is 47.6 Å². The fourth-order valence-electron chi connectivity index (χ4n) is 12.8. The normalized spacial score (nSPS) is 20.8. The van der Waals surface area contributed by atoms with Gasteiger partial charge in [-0.3, -0.25) is 9.11 Å². The topological polar surface area (TPSA) is 210 Å². The molecule has 0 radical (unpaired) electrons. The van der Waals surface area contributed by atoms with Crippen molar-refractivity contribution in [1.82, 2.24) is 34.6 Å². The summed E-state index contributed by atoms with van der Waals surface area (Å²) >= 11 is 0. The highest BCUT2D eigenvalue weighted by Gasteiger charge is 2.40. The molecule has 452 valence electrons. The maximum Gasteiger partial charge on any atom is 0.410 e. The van der Waals surface area contributed by atoms with Crippen LogP contribution in [0.5, 0.6) is 6.01 Å². The van der Waals surface area contributed by atoms with Crippen LogP contribution in [-0.4, -0.2) is 171 Å². The molecule has 2 amide bonds. The number of carbonyl (C=O) groups is 2. The molecular weight excluding hydrogens is 1110 g/mol. The van der Waals surface area contributed by atoms with E-state index in [0.29, 0.717) is 82.3 Å². The lowest BCUT2D eigenvalue weighted by Gasteiger charge is -2.42. The summed E-state index contributed by atoms with van der Waals surface area (Å²) in [5.41, 5.74) is 5.11. The molecule has 0 N–H and O–H groups in total. The van der Waals surface area contributed by atoms with E-state index < -0.39 is 28.1 Å². The van der Waals surface area contributed by atoms with Gasteiger partial charge in [-0.2, -0.15) is 20.5 Å². The number of hydrogen-bond acceptors (Lipinski definition) is 18. The van der Waals surface area contributed by atoms with Crippen molar-refractivity contribution >= 4 is 67.5 Å². The monoisotopic (exact) mass is 1190 g/mol. The minimum Gasteiger partial charge on any atom is -0.463 e. The lowest BCUT2D eigenvalue weighted by atomic mass is 10.0. The van der Waals surface area contributed by atoms with E-state index in [2.05, 4.69) is 116 Å². The molecule has 2 aromatic heterocycles. The summed E-state index contributed by atoms with van der Waals surface area (Å²) in [6, 6.07) is 34.4. The largest absolute Gasteiger partial charge is 0.463 e. The molecule has 3 unspecified atom stereocenters. The number of benzene rings is 4. The highest BCUT2D eigenvalue weighted by Crippen LogP contribution is 2.38. The molecule has 5 atom stereocenters. The van der Waals surface area contributed by atoms with Gasteiger partial charge in [0.2, 0.25) is 5.16 Å². The molecular formula is C65H79N13O7S. The van der Waals surface area contributed by atoms with Gasteiger partial charge >= 0.3 is 18.2 Å². The quantitative estimate of drug-likeness (QED) is 0.0826. The molecule has 6 aliphatic heterocycles. The standard InChI is InChI=1S/C36H45N7O4.C29H34N6O3S/c1-36(2,3)47-35(44)43-18-17-42(21-26(43)12-14-37)33-30-13-16-41(32-11-6-9-25-8-4-5-10-29(25)32)23-31(30)38-34(39-33)45-19-7-15-40-22-28-20-27(40)24-46-28;1-29(2,3)38-28(36)35-17-16-34(18-21(35)12-14-30)26-23-13-15-33(19-24(23)31-27(32-26)39(4)37)25-11-7-9-20-8-5-6-10-22(20)25/h4-6,8-11,26-28H,7,12-13,15-24H2,1-3H3;5-11,21H,12-13,15-19H2,1-4H3/t26?,27-,28-;/m0./s1. The van der Waals surface area contributed by atoms with Gasteiger partial charge in [-0.1, -0.05) is 72.8 Å². The van der Waals surface area contributed by atoms with E-state index >= 15 is 0 Å². The van der Waals surface area contributed by atoms with E-state index in [9.17, 15) is 24.3 Å². The maximum absolute atomic E-state index is 13.1. The zero-order valence-corrected chi connectivity index (χ0v) is 51.4. The van der Waals surface area contributed by atoms with Crippen LogP contribution in [0.1, 0.15) is 89.7 Å². The molecule has 20 nitrogen and oxygen atoms in total. The van der Waals surface area contributed by atoms with Gasteiger partial charge in [0.15, 0.2) is 0 Å². The van der Waals surface area contributed by atoms with Crippen LogP contribution in [0.25, 0.3) is 21.5 Å². The third kappa shape index (κ3) is 13.6. The second-order valence-electron chi connectivity index (χ2n) is 25.1. The van der Waals surface area contributed by atoms with Crippen LogP contribution < -0.4 is 24.3 Å². The summed E-state index contributed by atoms with van der Waals surface area (Å²) in [5.74, 6) is 1.61. The Bertz CT molecular complexity index is 3570. The third-order valence-electron chi connectivity index (χ3n) is 16.8. The second kappa shape index (κ2) is 25.6. The van der Waals surface area contributed by atoms with Crippen molar-refractivity contribution in [2.24, 2.45) is 0 Å². The minimum absolute atomic E-state index is 0.185. The average Bonchev–Trinajstić information content (AvgIpc) is 2.10. The summed E-state index contributed by atoms with van der Waals surface area (Å²) in [6.07, 6.45) is 5.13. The van der Waals surface area contributed by atoms with Crippen molar-refractivity contribution in [3.63, 3.8) is 0 Å². The van der Waals surface area contributed by atoms with Crippen LogP contribution in [0.2, 0.25) is 0 Å². The van der Waals surface area contributed by atoms with Crippen LogP contribution in [-0.2, 0) is 50.9 Å². The summed E-state index contributed by atoms with van der Waals surface area (Å²) in [5, 5.41) is 24.3. The van der Waals surface area contributed by atoms with Crippen molar-refractivity contribution < 1.29 is 32.7 Å². The number of aromatic nitrogens is 4. The second-order valence-corrected chi connectivity index (χ2v) is 26.4. The van der Waals surface area contributed by atoms with Gasteiger partial charge < -0.3 is 48.3 Å². The molecule has 6 aliphatic rings. The van der Waals surface area contributed by atoms with Crippen molar-refractivity contribution in [2.75, 3.05) is 105 Å². The molecule has 6 aromatic rings. The van der Waals surface area contributed by atoms with E-state index in [1.54, 1.807) is 16.1 Å². The number of rotatable bonds is 12. The molecule has 12 rings (SSSR count). The molecule has 0 saturated carbocycles. The lowest BCUT2D eigenvalue weighted by Crippen LogP contribution is -2.56. The fourth-order valence-corrected chi connectivity index (χ4v) is 13.3. The zero-order valence-electron chi connectivity index (χ0n) is 50.6. The van der Waals surface area contributed by atoms with Crippen molar-refractivity contribution in [3.8, 4) is 18.1 Å². The number of fused-ring (bicyclic) bond motifs is 6. The van der Waals surface area contributed by atoms with Crippen LogP contribution >= 0.6 is 0 Å². The number of amides is 2. The fraction of sp³-hybridized carbons (Fsp3) is 0.508. The summed E-state index contributed by atoms with van der Waals surface area (Å²) in [6.45, 7) is 20.2. The smallest absolute Gasteiger partial charge is 0.410 e. The number of nitriles is 2. The maximum atomic E-state index is 13.1. The van der Waals surface area contributed by atoms with Crippen molar-refractivity contribution in [3.05, 3.63) is 107 Å². The van der Waals surface area contributed by atoms with Crippen LogP contribution in [0.4, 0.5) is 32.6 Å². The van der Waals surface area contributed by atoms with Gasteiger partial charge in [0.25, 0.3) is 0 Å². The van der Waals surface area contributed by atoms with Crippen LogP contribution in [0, 0.1) is 22.7 Å². The van der Waals surface area contributed by atoms with Gasteiger partial charge in [-0.15, -0.1) is 0 Å². The number of carbonyl (C=O) groups excluding carboxylic acids is 2. The Balaban J connectivity index is 0.000000182. The van der Waals surface area contributed by atoms with Crippen LogP contribution in [0.15, 0.2) is 90.1 Å². The SMILES string of the molecule is CC(C)(C)OC(=O)N1CCN(c2nc(OCCCN3C[C@@H]4C[C@H]3CO4)nc3c2CCN(c2cccc4ccccc24)C3)CC1CC#N.CS(=O)c1nc2c(c(N3CCN(C(=O)OC(C)(C)C)C(CC#N)C3)n1)CCN(c1cccc3ccccc13)C2. The third-order valence-corrected chi connectivity index (χ3v) is 17.5. The predicted octanol–water partition coefficient (Wildman–Crippen LogP) is 9.04. The summed E-state index contributed by atoms with van der Waals surface area (Å²) < 4.78 is 35.9. The van der Waals surface area contributed by atoms with E-state index in [4.69, 9.17) is 38.9 Å². The molecule has 4 saturated heterocycles. The molecule has 2 bridgehead atoms. The number of ether oxygens (including phenoxy) is 4. The Morgan fingerprint density at radius 2 is 1.15 bits per heavy atom. The van der Waals surface area contributed by atoms with Gasteiger partial charge in [0.1, 0.15) is 22.8 Å². The van der Waals surface area contributed by atoms with Crippen LogP contribution in [0.3, 0.4) is 0 Å². The molecule has 21 heteroatoms. The highest BCUT2D eigenvalue weighted by molar-refractivity contribution is 7.84. The molecule has 8 heterocycles. The predicted molar refractivity (Wildman–Crippen MR) is 332 cm³/mol. The Morgan fingerprint density at radius 1 is 0.640 bits per heavy atom. The van der Waals surface area contributed by atoms with Crippen molar-refractivity contribution in [1.29, 1.82) is 10.5 Å². The van der Waals surface area contributed by atoms with E-state index in [1.165, 1.54) is 27.2 Å². The molecule has 0 spiro atoms. The minimum atomic E-state index is -1.36. The zero-order chi connectivity index (χ0) is 60.3. The number of likely N-dealkylation sites (tertiary alicyclic amines) is 1. The number of morpholine rings is 1. The van der Waals surface area contributed by atoms with Gasteiger partial charge in [-0.25, -0.2) is 19.6 Å². The number of piperazine rings is 2. The highest BCUT2D eigenvalue weighted by atomic mass is 32.2. The van der Waals surface area contributed by atoms with Gasteiger partial charge in [0.05, 0.1) is 91.7 Å². The first kappa shape index (κ1) is 59.9. The Labute approximate surface area is 507 Å². The number of hydrogen-bond donors (Lipinski definition) is 0. The average molecular weight is 1190 g/mol. The van der Waals surface area contributed by atoms with Crippen molar-refractivity contribution in [2.45, 2.75) is 134 Å². The number of nitrogens with zero attached hydrogens (tertiary/aromatic N) is 13. The lowest BCUT2D eigenvalue weighted by molar-refractivity contribution is 0.0134. The Morgan fingerprint density at radius 3 is 1.64 bits per heavy atom. The molecule has 86 heavy (non-hydrogen) atoms. The first-order valence-electron chi connectivity index (χ1n) is 30.2. The Kier molecular flexibility index (Phi) is 17.8. The molecule has 0 aliphatic carbocycles. The van der Waals surface area contributed by atoms with E-state index in [-0.39, 0.29) is 31.0 Å². The first-order valence-corrected chi connectivity index (χ1v) is 31.8. The molecule has 4 fully saturated rings. The van der Waals surface area contributed by atoms with Gasteiger partial charge in [-0.05, 0) is 90.1 Å². The van der Waals surface area contributed by atoms with E-state index in [0.717, 1.165) is 98.3 Å². The molecule has 4 aromatic carbocycles. The Hall–Kier alpha value is -7.85. The van der Waals surface area contributed by atoms with Gasteiger partial charge in [0, 0.05) is 111 Å². The summed E-state index contributed by atoms with van der Waals surface area (Å²) in [7, 11) is -1.36. The number of anilines is 4. The first-order chi connectivity index (χ1) is 41.4.